The second kappa shape index (κ2) is 12.0. The monoisotopic (exact) mass is 444 g/mol. The summed E-state index contributed by atoms with van der Waals surface area (Å²) in [5, 5.41) is 9.19. The van der Waals surface area contributed by atoms with E-state index < -0.39 is 5.97 Å². The van der Waals surface area contributed by atoms with Crippen molar-refractivity contribution in [2.24, 2.45) is 0 Å². The summed E-state index contributed by atoms with van der Waals surface area (Å²) in [4.78, 5) is 11.6. The number of hydrogen-bond acceptors (Lipinski definition) is 4. The van der Waals surface area contributed by atoms with Crippen LogP contribution in [0.5, 0.6) is 5.75 Å². The Morgan fingerprint density at radius 2 is 1.70 bits per heavy atom. The fraction of sp³-hybridized carbons (Fsp3) is 0.276. The Labute approximate surface area is 196 Å². The van der Waals surface area contributed by atoms with Crippen LogP contribution in [0.25, 0.3) is 22.3 Å². The highest BCUT2D eigenvalue weighted by atomic mass is 16.6. The maximum Gasteiger partial charge on any atom is 0.333 e. The first-order valence-electron chi connectivity index (χ1n) is 11.4. The van der Waals surface area contributed by atoms with Gasteiger partial charge in [0, 0.05) is 17.7 Å². The average molecular weight is 445 g/mol. The van der Waals surface area contributed by atoms with E-state index in [1.165, 1.54) is 16.7 Å². The van der Waals surface area contributed by atoms with Gasteiger partial charge in [-0.25, -0.2) is 4.79 Å². The number of rotatable bonds is 11. The van der Waals surface area contributed by atoms with Crippen molar-refractivity contribution in [3.63, 3.8) is 0 Å². The van der Waals surface area contributed by atoms with Gasteiger partial charge < -0.3 is 14.6 Å². The smallest absolute Gasteiger partial charge is 0.333 e. The van der Waals surface area contributed by atoms with Crippen LogP contribution in [-0.2, 0) is 22.4 Å². The van der Waals surface area contributed by atoms with Crippen LogP contribution in [0.1, 0.15) is 31.4 Å². The number of ether oxygens (including phenoxy) is 2. The maximum absolute atomic E-state index is 11.6. The minimum Gasteiger partial charge on any atom is -0.489 e. The molecule has 1 N–H and O–H groups in total. The molecule has 0 aliphatic carbocycles. The SMILES string of the molecule is C=C(C)C(=O)OCCOc1cc(CCCO)ccc1-c1ccc(-c2ccccc2)c(CC)c1. The predicted molar refractivity (Wildman–Crippen MR) is 133 cm³/mol. The van der Waals surface area contributed by atoms with E-state index in [2.05, 4.69) is 68.1 Å². The molecule has 3 aromatic carbocycles. The Morgan fingerprint density at radius 1 is 0.939 bits per heavy atom. The number of aliphatic hydroxyl groups is 1. The Kier molecular flexibility index (Phi) is 8.85. The first-order valence-corrected chi connectivity index (χ1v) is 11.4. The molecule has 3 rings (SSSR count). The summed E-state index contributed by atoms with van der Waals surface area (Å²) in [7, 11) is 0. The zero-order chi connectivity index (χ0) is 23.6. The van der Waals surface area contributed by atoms with Gasteiger partial charge in [-0.05, 0) is 60.1 Å². The summed E-state index contributed by atoms with van der Waals surface area (Å²) in [5.41, 5.74) is 7.24. The normalized spacial score (nSPS) is 10.6. The Bertz CT molecular complexity index is 1090. The lowest BCUT2D eigenvalue weighted by atomic mass is 9.93. The molecule has 3 aromatic rings. The zero-order valence-electron chi connectivity index (χ0n) is 19.5. The lowest BCUT2D eigenvalue weighted by Crippen LogP contribution is -2.12. The van der Waals surface area contributed by atoms with Gasteiger partial charge in [-0.2, -0.15) is 0 Å². The number of esters is 1. The van der Waals surface area contributed by atoms with Crippen molar-refractivity contribution in [2.45, 2.75) is 33.1 Å². The summed E-state index contributed by atoms with van der Waals surface area (Å²) in [6.45, 7) is 7.93. The number of carbonyl (C=O) groups is 1. The minimum absolute atomic E-state index is 0.148. The molecule has 0 unspecified atom stereocenters. The molecule has 0 aliphatic rings. The van der Waals surface area contributed by atoms with Crippen molar-refractivity contribution >= 4 is 5.97 Å². The average Bonchev–Trinajstić information content (AvgIpc) is 2.85. The van der Waals surface area contributed by atoms with Gasteiger partial charge >= 0.3 is 5.97 Å². The van der Waals surface area contributed by atoms with Crippen molar-refractivity contribution in [3.8, 4) is 28.0 Å². The number of hydrogen-bond donors (Lipinski definition) is 1. The molecular weight excluding hydrogens is 412 g/mol. The quantitative estimate of drug-likeness (QED) is 0.224. The lowest BCUT2D eigenvalue weighted by molar-refractivity contribution is -0.139. The predicted octanol–water partition coefficient (Wildman–Crippen LogP) is 6.01. The molecule has 0 fully saturated rings. The molecule has 0 saturated heterocycles. The maximum atomic E-state index is 11.6. The van der Waals surface area contributed by atoms with Crippen LogP contribution < -0.4 is 4.74 Å². The molecule has 0 saturated carbocycles. The van der Waals surface area contributed by atoms with E-state index >= 15 is 0 Å². The van der Waals surface area contributed by atoms with Gasteiger partial charge in [0.05, 0.1) is 0 Å². The van der Waals surface area contributed by atoms with Crippen molar-refractivity contribution in [1.29, 1.82) is 0 Å². The van der Waals surface area contributed by atoms with E-state index in [-0.39, 0.29) is 19.8 Å². The van der Waals surface area contributed by atoms with Crippen LogP contribution in [0, 0.1) is 0 Å². The van der Waals surface area contributed by atoms with Gasteiger partial charge in [-0.3, -0.25) is 0 Å². The molecule has 0 aliphatic heterocycles. The fourth-order valence-electron chi connectivity index (χ4n) is 3.73. The summed E-state index contributed by atoms with van der Waals surface area (Å²) in [6, 6.07) is 23.1. The Hall–Kier alpha value is -3.37. The van der Waals surface area contributed by atoms with Gasteiger partial charge in [-0.1, -0.05) is 74.2 Å². The van der Waals surface area contributed by atoms with Gasteiger partial charge in [0.15, 0.2) is 0 Å². The molecule has 0 atom stereocenters. The van der Waals surface area contributed by atoms with Gasteiger partial charge in [-0.15, -0.1) is 0 Å². The van der Waals surface area contributed by atoms with E-state index in [9.17, 15) is 9.90 Å². The highest BCUT2D eigenvalue weighted by molar-refractivity contribution is 5.86. The fourth-order valence-corrected chi connectivity index (χ4v) is 3.73. The molecule has 0 spiro atoms. The first-order chi connectivity index (χ1) is 16.0. The standard InChI is InChI=1S/C29H32O4/c1-4-23-20-25(13-15-26(23)24-10-6-5-7-11-24)27-14-12-22(9-8-16-30)19-28(27)32-17-18-33-29(31)21(2)3/h5-7,10-15,19-20,30H,2,4,8-9,16-18H2,1,3H3. The number of aliphatic hydroxyl groups excluding tert-OH is 1. The van der Waals surface area contributed by atoms with Crippen LogP contribution in [0.15, 0.2) is 78.9 Å². The summed E-state index contributed by atoms with van der Waals surface area (Å²) < 4.78 is 11.2. The van der Waals surface area contributed by atoms with Crippen LogP contribution >= 0.6 is 0 Å². The van der Waals surface area contributed by atoms with Crippen LogP contribution in [0.2, 0.25) is 0 Å². The van der Waals surface area contributed by atoms with Crippen LogP contribution in [0.3, 0.4) is 0 Å². The van der Waals surface area contributed by atoms with Gasteiger partial charge in [0.1, 0.15) is 19.0 Å². The van der Waals surface area contributed by atoms with E-state index in [1.807, 2.05) is 12.1 Å². The molecule has 172 valence electrons. The third-order valence-electron chi connectivity index (χ3n) is 5.47. The highest BCUT2D eigenvalue weighted by Crippen LogP contribution is 2.35. The molecule has 33 heavy (non-hydrogen) atoms. The van der Waals surface area contributed by atoms with Crippen LogP contribution in [0.4, 0.5) is 0 Å². The van der Waals surface area contributed by atoms with E-state index in [0.717, 1.165) is 35.3 Å². The van der Waals surface area contributed by atoms with Crippen molar-refractivity contribution in [2.75, 3.05) is 19.8 Å². The molecular formula is C29H32O4. The summed E-state index contributed by atoms with van der Waals surface area (Å²) in [5.74, 6) is 0.325. The Morgan fingerprint density at radius 3 is 2.39 bits per heavy atom. The summed E-state index contributed by atoms with van der Waals surface area (Å²) >= 11 is 0. The first kappa shape index (κ1) is 24.3. The van der Waals surface area contributed by atoms with Gasteiger partial charge in [0.2, 0.25) is 0 Å². The van der Waals surface area contributed by atoms with Crippen molar-refractivity contribution in [3.05, 3.63) is 90.0 Å². The van der Waals surface area contributed by atoms with Crippen molar-refractivity contribution < 1.29 is 19.4 Å². The highest BCUT2D eigenvalue weighted by Gasteiger charge is 2.12. The molecule has 0 radical (unpaired) electrons. The van der Waals surface area contributed by atoms with E-state index in [4.69, 9.17) is 9.47 Å². The van der Waals surface area contributed by atoms with E-state index in [0.29, 0.717) is 12.0 Å². The third-order valence-corrected chi connectivity index (χ3v) is 5.47. The Balaban J connectivity index is 1.88. The number of benzene rings is 3. The molecule has 0 bridgehead atoms. The molecule has 4 heteroatoms. The number of aryl methyl sites for hydroxylation is 2. The van der Waals surface area contributed by atoms with Crippen LogP contribution in [-0.4, -0.2) is 30.9 Å². The second-order valence-corrected chi connectivity index (χ2v) is 8.01. The van der Waals surface area contributed by atoms with E-state index in [1.54, 1.807) is 6.92 Å². The largest absolute Gasteiger partial charge is 0.489 e. The van der Waals surface area contributed by atoms with Crippen molar-refractivity contribution in [1.82, 2.24) is 0 Å². The molecule has 4 nitrogen and oxygen atoms in total. The topological polar surface area (TPSA) is 55.8 Å². The second-order valence-electron chi connectivity index (χ2n) is 8.01. The third kappa shape index (κ3) is 6.56. The lowest BCUT2D eigenvalue weighted by Gasteiger charge is -2.16. The minimum atomic E-state index is -0.417. The zero-order valence-corrected chi connectivity index (χ0v) is 19.5. The number of carbonyl (C=O) groups excluding carboxylic acids is 1. The van der Waals surface area contributed by atoms with Gasteiger partial charge in [0.25, 0.3) is 0 Å². The molecule has 0 amide bonds. The molecule has 0 aromatic heterocycles. The summed E-state index contributed by atoms with van der Waals surface area (Å²) in [6.07, 6.45) is 2.38. The molecule has 0 heterocycles.